The van der Waals surface area contributed by atoms with Gasteiger partial charge in [-0.25, -0.2) is 4.68 Å². The minimum absolute atomic E-state index is 0.346. The minimum atomic E-state index is 0.346. The Bertz CT molecular complexity index is 894. The second-order valence-corrected chi connectivity index (χ2v) is 5.07. The number of para-hydroxylation sites is 1. The van der Waals surface area contributed by atoms with Crippen LogP contribution >= 0.6 is 0 Å². The smallest absolute Gasteiger partial charge is 0.163 e. The van der Waals surface area contributed by atoms with E-state index in [1.165, 1.54) is 0 Å². The molecule has 0 aliphatic carbocycles. The summed E-state index contributed by atoms with van der Waals surface area (Å²) >= 11 is 0. The van der Waals surface area contributed by atoms with Gasteiger partial charge in [0.2, 0.25) is 0 Å². The lowest BCUT2D eigenvalue weighted by Gasteiger charge is -2.12. The molecule has 3 aromatic rings. The van der Waals surface area contributed by atoms with Crippen LogP contribution in [0.25, 0.3) is 16.9 Å². The number of ether oxygens (including phenoxy) is 2. The molecular formula is C19H17N3O2. The number of hydrogen-bond donors (Lipinski definition) is 0. The molecule has 0 aliphatic heterocycles. The minimum Gasteiger partial charge on any atom is -0.497 e. The molecule has 0 aliphatic rings. The molecule has 2 aromatic carbocycles. The van der Waals surface area contributed by atoms with Crippen LogP contribution < -0.4 is 9.47 Å². The van der Waals surface area contributed by atoms with E-state index in [9.17, 15) is 5.26 Å². The molecule has 5 heteroatoms. The van der Waals surface area contributed by atoms with E-state index in [1.807, 2.05) is 55.5 Å². The van der Waals surface area contributed by atoms with E-state index in [4.69, 9.17) is 9.47 Å². The summed E-state index contributed by atoms with van der Waals surface area (Å²) in [7, 11) is 1.62. The molecule has 1 heterocycles. The van der Waals surface area contributed by atoms with Crippen LogP contribution in [-0.2, 0) is 0 Å². The number of benzene rings is 2. The van der Waals surface area contributed by atoms with Crippen LogP contribution in [0.2, 0.25) is 0 Å². The first-order valence-corrected chi connectivity index (χ1v) is 7.63. The molecule has 0 saturated heterocycles. The van der Waals surface area contributed by atoms with Crippen LogP contribution in [0.4, 0.5) is 0 Å². The van der Waals surface area contributed by atoms with Crippen molar-refractivity contribution in [2.45, 2.75) is 6.92 Å². The molecule has 0 fully saturated rings. The quantitative estimate of drug-likeness (QED) is 0.717. The van der Waals surface area contributed by atoms with Gasteiger partial charge >= 0.3 is 0 Å². The number of aromatic nitrogens is 2. The average molecular weight is 319 g/mol. The highest BCUT2D eigenvalue weighted by Gasteiger charge is 2.15. The monoisotopic (exact) mass is 319 g/mol. The van der Waals surface area contributed by atoms with Gasteiger partial charge in [0.15, 0.2) is 5.69 Å². The van der Waals surface area contributed by atoms with Crippen molar-refractivity contribution in [3.63, 3.8) is 0 Å². The Morgan fingerprint density at radius 2 is 1.96 bits per heavy atom. The molecule has 1 aromatic heterocycles. The fraction of sp³-hybridized carbons (Fsp3) is 0.158. The third-order valence-corrected chi connectivity index (χ3v) is 3.58. The Labute approximate surface area is 140 Å². The zero-order valence-electron chi connectivity index (χ0n) is 13.6. The van der Waals surface area contributed by atoms with E-state index in [2.05, 4.69) is 11.2 Å². The van der Waals surface area contributed by atoms with Crippen LogP contribution in [0.3, 0.4) is 0 Å². The molecule has 3 rings (SSSR count). The molecule has 0 atom stereocenters. The highest BCUT2D eigenvalue weighted by Crippen LogP contribution is 2.32. The average Bonchev–Trinajstić information content (AvgIpc) is 3.07. The molecule has 24 heavy (non-hydrogen) atoms. The summed E-state index contributed by atoms with van der Waals surface area (Å²) in [6.07, 6.45) is 0. The summed E-state index contributed by atoms with van der Waals surface area (Å²) in [4.78, 5) is 0. The molecule has 5 nitrogen and oxygen atoms in total. The second kappa shape index (κ2) is 6.88. The number of rotatable bonds is 5. The van der Waals surface area contributed by atoms with Crippen LogP contribution in [0.1, 0.15) is 12.6 Å². The van der Waals surface area contributed by atoms with Crippen molar-refractivity contribution in [3.8, 4) is 34.5 Å². The third kappa shape index (κ3) is 2.95. The van der Waals surface area contributed by atoms with Crippen LogP contribution in [0, 0.1) is 11.3 Å². The lowest BCUT2D eigenvalue weighted by Crippen LogP contribution is -2.01. The second-order valence-electron chi connectivity index (χ2n) is 5.07. The van der Waals surface area contributed by atoms with Gasteiger partial charge in [-0.05, 0) is 31.2 Å². The number of nitriles is 1. The standard InChI is InChI=1S/C19H17N3O2/c1-3-24-19-10-5-4-9-17(19)18-11-14(13-20)21-22(18)15-7-6-8-16(12-15)23-2/h4-12H,3H2,1-2H3. The van der Waals surface area contributed by atoms with Crippen molar-refractivity contribution < 1.29 is 9.47 Å². The van der Waals surface area contributed by atoms with Gasteiger partial charge in [-0.15, -0.1) is 0 Å². The van der Waals surface area contributed by atoms with Crippen molar-refractivity contribution in [2.75, 3.05) is 13.7 Å². The van der Waals surface area contributed by atoms with E-state index in [1.54, 1.807) is 17.9 Å². The van der Waals surface area contributed by atoms with Gasteiger partial charge < -0.3 is 9.47 Å². The predicted molar refractivity (Wildman–Crippen MR) is 91.4 cm³/mol. The zero-order chi connectivity index (χ0) is 16.9. The fourth-order valence-electron chi connectivity index (χ4n) is 2.53. The summed E-state index contributed by atoms with van der Waals surface area (Å²) in [5.74, 6) is 1.49. The van der Waals surface area contributed by atoms with Gasteiger partial charge in [0.25, 0.3) is 0 Å². The van der Waals surface area contributed by atoms with Gasteiger partial charge in [0.1, 0.15) is 17.6 Å². The topological polar surface area (TPSA) is 60.1 Å². The molecule has 0 unspecified atom stereocenters. The Morgan fingerprint density at radius 1 is 1.12 bits per heavy atom. The van der Waals surface area contributed by atoms with Gasteiger partial charge in [-0.2, -0.15) is 10.4 Å². The lowest BCUT2D eigenvalue weighted by molar-refractivity contribution is 0.341. The van der Waals surface area contributed by atoms with Gasteiger partial charge in [-0.3, -0.25) is 0 Å². The molecule has 0 amide bonds. The Morgan fingerprint density at radius 3 is 2.71 bits per heavy atom. The predicted octanol–water partition coefficient (Wildman–Crippen LogP) is 3.82. The van der Waals surface area contributed by atoms with Crippen LogP contribution in [0.15, 0.2) is 54.6 Å². The summed E-state index contributed by atoms with van der Waals surface area (Å²) in [5.41, 5.74) is 2.84. The Balaban J connectivity index is 2.19. The summed E-state index contributed by atoms with van der Waals surface area (Å²) in [6, 6.07) is 19.1. The van der Waals surface area contributed by atoms with E-state index in [0.29, 0.717) is 12.3 Å². The highest BCUT2D eigenvalue weighted by molar-refractivity contribution is 5.70. The highest BCUT2D eigenvalue weighted by atomic mass is 16.5. The molecule has 0 saturated carbocycles. The number of methoxy groups -OCH3 is 1. The van der Waals surface area contributed by atoms with E-state index < -0.39 is 0 Å². The summed E-state index contributed by atoms with van der Waals surface area (Å²) < 4.78 is 12.7. The van der Waals surface area contributed by atoms with E-state index in [0.717, 1.165) is 28.4 Å². The van der Waals surface area contributed by atoms with Crippen molar-refractivity contribution in [1.29, 1.82) is 5.26 Å². The number of nitrogens with zero attached hydrogens (tertiary/aromatic N) is 3. The van der Waals surface area contributed by atoms with Gasteiger partial charge in [-0.1, -0.05) is 18.2 Å². The van der Waals surface area contributed by atoms with Crippen molar-refractivity contribution in [1.82, 2.24) is 9.78 Å². The maximum Gasteiger partial charge on any atom is 0.163 e. The molecule has 120 valence electrons. The molecule has 0 spiro atoms. The Hall–Kier alpha value is -3.26. The zero-order valence-corrected chi connectivity index (χ0v) is 13.6. The lowest BCUT2D eigenvalue weighted by atomic mass is 10.1. The van der Waals surface area contributed by atoms with Gasteiger partial charge in [0, 0.05) is 17.7 Å². The number of hydrogen-bond acceptors (Lipinski definition) is 4. The molecule has 0 radical (unpaired) electrons. The summed E-state index contributed by atoms with van der Waals surface area (Å²) in [6.45, 7) is 2.51. The Kier molecular flexibility index (Phi) is 4.48. The van der Waals surface area contributed by atoms with Crippen LogP contribution in [-0.4, -0.2) is 23.5 Å². The van der Waals surface area contributed by atoms with Crippen LogP contribution in [0.5, 0.6) is 11.5 Å². The maximum absolute atomic E-state index is 9.26. The first kappa shape index (κ1) is 15.6. The van der Waals surface area contributed by atoms with Crippen molar-refractivity contribution in [2.24, 2.45) is 0 Å². The van der Waals surface area contributed by atoms with E-state index in [-0.39, 0.29) is 0 Å². The van der Waals surface area contributed by atoms with Crippen molar-refractivity contribution >= 4 is 0 Å². The SMILES string of the molecule is CCOc1ccccc1-c1cc(C#N)nn1-c1cccc(OC)c1. The molecular weight excluding hydrogens is 302 g/mol. The third-order valence-electron chi connectivity index (χ3n) is 3.58. The van der Waals surface area contributed by atoms with Crippen molar-refractivity contribution in [3.05, 3.63) is 60.3 Å². The first-order valence-electron chi connectivity index (χ1n) is 7.63. The maximum atomic E-state index is 9.26. The molecule has 0 N–H and O–H groups in total. The largest absolute Gasteiger partial charge is 0.497 e. The van der Waals surface area contributed by atoms with E-state index >= 15 is 0 Å². The fourth-order valence-corrected chi connectivity index (χ4v) is 2.53. The normalized spacial score (nSPS) is 10.2. The summed E-state index contributed by atoms with van der Waals surface area (Å²) in [5, 5.41) is 13.7. The first-order chi connectivity index (χ1) is 11.8. The van der Waals surface area contributed by atoms with Gasteiger partial charge in [0.05, 0.1) is 25.1 Å². The molecule has 0 bridgehead atoms.